The number of aromatic nitrogens is 4. The molecule has 1 aromatic rings. The third-order valence-corrected chi connectivity index (χ3v) is 3.89. The van der Waals surface area contributed by atoms with Gasteiger partial charge >= 0.3 is 0 Å². The highest BCUT2D eigenvalue weighted by Crippen LogP contribution is 2.34. The van der Waals surface area contributed by atoms with Crippen LogP contribution in [0.5, 0.6) is 0 Å². The first-order chi connectivity index (χ1) is 9.16. The van der Waals surface area contributed by atoms with E-state index in [0.717, 1.165) is 38.1 Å². The zero-order valence-electron chi connectivity index (χ0n) is 11.5. The number of carbonyl (C=O) groups is 1. The van der Waals surface area contributed by atoms with Crippen LogP contribution in [0, 0.1) is 0 Å². The van der Waals surface area contributed by atoms with Crippen LogP contribution in [0.15, 0.2) is 0 Å². The summed E-state index contributed by atoms with van der Waals surface area (Å²) in [6, 6.07) is 0.468. The fourth-order valence-corrected chi connectivity index (χ4v) is 2.69. The highest BCUT2D eigenvalue weighted by atomic mass is 16.2. The van der Waals surface area contributed by atoms with Crippen molar-refractivity contribution < 1.29 is 4.79 Å². The molecule has 1 amide bonds. The average Bonchev–Trinajstić information content (AvgIpc) is 2.95. The summed E-state index contributed by atoms with van der Waals surface area (Å²) in [7, 11) is 3.63. The predicted octanol–water partition coefficient (Wildman–Crippen LogP) is 0.0606. The Morgan fingerprint density at radius 2 is 2.16 bits per heavy atom. The summed E-state index contributed by atoms with van der Waals surface area (Å²) < 4.78 is 1.93. The molecule has 104 valence electrons. The Labute approximate surface area is 112 Å². The molecule has 0 spiro atoms. The second-order valence-corrected chi connectivity index (χ2v) is 5.63. The van der Waals surface area contributed by atoms with Gasteiger partial charge in [0.25, 0.3) is 0 Å². The molecule has 2 aliphatic rings. The number of likely N-dealkylation sites (tertiary alicyclic amines) is 1. The molecular weight excluding hydrogens is 244 g/mol. The van der Waals surface area contributed by atoms with Crippen LogP contribution in [0.3, 0.4) is 0 Å². The molecule has 1 unspecified atom stereocenters. The summed E-state index contributed by atoms with van der Waals surface area (Å²) >= 11 is 0. The van der Waals surface area contributed by atoms with E-state index in [1.54, 1.807) is 4.90 Å². The molecule has 1 aliphatic carbocycles. The Balaban J connectivity index is 1.71. The summed E-state index contributed by atoms with van der Waals surface area (Å²) in [6.45, 7) is 1.62. The van der Waals surface area contributed by atoms with Crippen LogP contribution < -0.4 is 0 Å². The Bertz CT molecular complexity index is 467. The van der Waals surface area contributed by atoms with Crippen molar-refractivity contribution in [3.8, 4) is 0 Å². The lowest BCUT2D eigenvalue weighted by molar-refractivity contribution is -0.133. The maximum absolute atomic E-state index is 12.1. The Kier molecular flexibility index (Phi) is 3.22. The van der Waals surface area contributed by atoms with Crippen molar-refractivity contribution in [3.63, 3.8) is 0 Å². The number of amides is 1. The van der Waals surface area contributed by atoms with E-state index in [9.17, 15) is 4.79 Å². The minimum absolute atomic E-state index is 0.0145. The average molecular weight is 264 g/mol. The third kappa shape index (κ3) is 2.47. The third-order valence-electron chi connectivity index (χ3n) is 3.89. The van der Waals surface area contributed by atoms with Gasteiger partial charge in [-0.3, -0.25) is 9.69 Å². The predicted molar refractivity (Wildman–Crippen MR) is 68.2 cm³/mol. The van der Waals surface area contributed by atoms with Gasteiger partial charge in [-0.05, 0) is 42.7 Å². The van der Waals surface area contributed by atoms with Gasteiger partial charge in [-0.1, -0.05) is 0 Å². The van der Waals surface area contributed by atoms with Crippen LogP contribution in [0.25, 0.3) is 0 Å². The van der Waals surface area contributed by atoms with Crippen LogP contribution in [0.2, 0.25) is 0 Å². The van der Waals surface area contributed by atoms with Gasteiger partial charge in [0.15, 0.2) is 5.82 Å². The molecule has 1 saturated carbocycles. The normalized spacial score (nSPS) is 23.8. The van der Waals surface area contributed by atoms with Crippen LogP contribution in [0.1, 0.15) is 37.5 Å². The van der Waals surface area contributed by atoms with E-state index >= 15 is 0 Å². The zero-order valence-corrected chi connectivity index (χ0v) is 11.5. The molecule has 0 N–H and O–H groups in total. The molecule has 0 aromatic carbocycles. The smallest absolute Gasteiger partial charge is 0.239 e. The highest BCUT2D eigenvalue weighted by molar-refractivity contribution is 5.81. The van der Waals surface area contributed by atoms with E-state index in [4.69, 9.17) is 0 Å². The first-order valence-corrected chi connectivity index (χ1v) is 6.89. The van der Waals surface area contributed by atoms with Crippen molar-refractivity contribution in [1.29, 1.82) is 0 Å². The molecule has 0 bridgehead atoms. The Morgan fingerprint density at radius 1 is 1.37 bits per heavy atom. The van der Waals surface area contributed by atoms with Crippen molar-refractivity contribution in [2.24, 2.45) is 0 Å². The molecule has 1 aromatic heterocycles. The molecular formula is C12H20N6O. The fourth-order valence-electron chi connectivity index (χ4n) is 2.69. The molecule has 2 fully saturated rings. The van der Waals surface area contributed by atoms with E-state index < -0.39 is 0 Å². The van der Waals surface area contributed by atoms with Crippen LogP contribution in [-0.2, 0) is 11.3 Å². The monoisotopic (exact) mass is 264 g/mol. The topological polar surface area (TPSA) is 67.2 Å². The SMILES string of the molecule is CN(C)C(=O)C1CCCN1Cc1nnnn1C1CC1. The summed E-state index contributed by atoms with van der Waals surface area (Å²) in [5.41, 5.74) is 0. The molecule has 1 aliphatic heterocycles. The van der Waals surface area contributed by atoms with Crippen LogP contribution in [0.4, 0.5) is 0 Å². The number of tetrazole rings is 1. The summed E-state index contributed by atoms with van der Waals surface area (Å²) in [6.07, 6.45) is 4.33. The van der Waals surface area contributed by atoms with Gasteiger partial charge in [0.1, 0.15) is 0 Å². The van der Waals surface area contributed by atoms with Crippen molar-refractivity contribution in [2.75, 3.05) is 20.6 Å². The summed E-state index contributed by atoms with van der Waals surface area (Å²) in [5, 5.41) is 11.9. The molecule has 1 atom stereocenters. The van der Waals surface area contributed by atoms with Crippen molar-refractivity contribution in [3.05, 3.63) is 5.82 Å². The van der Waals surface area contributed by atoms with E-state index in [-0.39, 0.29) is 11.9 Å². The lowest BCUT2D eigenvalue weighted by atomic mass is 10.2. The lowest BCUT2D eigenvalue weighted by Crippen LogP contribution is -2.42. The number of hydrogen-bond acceptors (Lipinski definition) is 5. The van der Waals surface area contributed by atoms with Crippen LogP contribution in [-0.4, -0.2) is 62.6 Å². The van der Waals surface area contributed by atoms with E-state index in [1.807, 2.05) is 18.8 Å². The van der Waals surface area contributed by atoms with Crippen molar-refractivity contribution in [1.82, 2.24) is 30.0 Å². The maximum atomic E-state index is 12.1. The highest BCUT2D eigenvalue weighted by Gasteiger charge is 2.34. The molecule has 0 radical (unpaired) electrons. The minimum Gasteiger partial charge on any atom is -0.347 e. The lowest BCUT2D eigenvalue weighted by Gasteiger charge is -2.25. The van der Waals surface area contributed by atoms with Gasteiger partial charge in [-0.15, -0.1) is 5.10 Å². The Hall–Kier alpha value is -1.50. The number of likely N-dealkylation sites (N-methyl/N-ethyl adjacent to an activating group) is 1. The summed E-state index contributed by atoms with van der Waals surface area (Å²) in [4.78, 5) is 16.0. The van der Waals surface area contributed by atoms with E-state index in [2.05, 4.69) is 20.4 Å². The molecule has 7 heteroatoms. The van der Waals surface area contributed by atoms with Gasteiger partial charge in [0.05, 0.1) is 18.6 Å². The molecule has 19 heavy (non-hydrogen) atoms. The van der Waals surface area contributed by atoms with Gasteiger partial charge in [-0.25, -0.2) is 4.68 Å². The molecule has 3 rings (SSSR count). The zero-order chi connectivity index (χ0) is 13.4. The second-order valence-electron chi connectivity index (χ2n) is 5.63. The van der Waals surface area contributed by atoms with Crippen molar-refractivity contribution >= 4 is 5.91 Å². The summed E-state index contributed by atoms with van der Waals surface area (Å²) in [5.74, 6) is 1.07. The second kappa shape index (κ2) is 4.88. The molecule has 2 heterocycles. The maximum Gasteiger partial charge on any atom is 0.239 e. The van der Waals surface area contributed by atoms with Crippen LogP contribution >= 0.6 is 0 Å². The fraction of sp³-hybridized carbons (Fsp3) is 0.833. The van der Waals surface area contributed by atoms with Gasteiger partial charge in [0, 0.05) is 14.1 Å². The first kappa shape index (κ1) is 12.5. The van der Waals surface area contributed by atoms with Gasteiger partial charge in [0.2, 0.25) is 5.91 Å². The van der Waals surface area contributed by atoms with E-state index in [0.29, 0.717) is 12.6 Å². The first-order valence-electron chi connectivity index (χ1n) is 6.89. The van der Waals surface area contributed by atoms with E-state index in [1.165, 1.54) is 0 Å². The van der Waals surface area contributed by atoms with Gasteiger partial charge < -0.3 is 4.90 Å². The molecule has 7 nitrogen and oxygen atoms in total. The number of rotatable bonds is 4. The number of hydrogen-bond donors (Lipinski definition) is 0. The largest absolute Gasteiger partial charge is 0.347 e. The quantitative estimate of drug-likeness (QED) is 0.769. The standard InChI is InChI=1S/C12H20N6O/c1-16(2)12(19)10-4-3-7-17(10)8-11-13-14-15-18(11)9-5-6-9/h9-10H,3-8H2,1-2H3. The number of carbonyl (C=O) groups excluding carboxylic acids is 1. The molecule has 1 saturated heterocycles. The van der Waals surface area contributed by atoms with Crippen molar-refractivity contribution in [2.45, 2.75) is 44.3 Å². The minimum atomic E-state index is -0.0145. The number of nitrogens with zero attached hydrogens (tertiary/aromatic N) is 6. The van der Waals surface area contributed by atoms with Gasteiger partial charge in [-0.2, -0.15) is 0 Å². The Morgan fingerprint density at radius 3 is 2.84 bits per heavy atom.